The summed E-state index contributed by atoms with van der Waals surface area (Å²) < 4.78 is 5.86. The van der Waals surface area contributed by atoms with Crippen LogP contribution in [0.3, 0.4) is 0 Å². The smallest absolute Gasteiger partial charge is 0.0702 e. The van der Waals surface area contributed by atoms with Gasteiger partial charge in [-0.2, -0.15) is 0 Å². The molecule has 0 saturated carbocycles. The van der Waals surface area contributed by atoms with Crippen molar-refractivity contribution in [3.63, 3.8) is 0 Å². The molecule has 0 aromatic heterocycles. The van der Waals surface area contributed by atoms with Gasteiger partial charge in [-0.3, -0.25) is 4.90 Å². The summed E-state index contributed by atoms with van der Waals surface area (Å²) in [5.74, 6) is 0. The van der Waals surface area contributed by atoms with Crippen molar-refractivity contribution in [2.75, 3.05) is 26.7 Å². The van der Waals surface area contributed by atoms with E-state index in [0.29, 0.717) is 12.1 Å². The van der Waals surface area contributed by atoms with E-state index in [4.69, 9.17) is 4.74 Å². The number of hydrogen-bond acceptors (Lipinski definition) is 3. The van der Waals surface area contributed by atoms with Crippen LogP contribution in [0.5, 0.6) is 0 Å². The Morgan fingerprint density at radius 1 is 1.32 bits per heavy atom. The molecule has 3 nitrogen and oxygen atoms in total. The van der Waals surface area contributed by atoms with E-state index in [2.05, 4.69) is 45.0 Å². The van der Waals surface area contributed by atoms with Crippen LogP contribution in [0.1, 0.15) is 59.8 Å². The highest BCUT2D eigenvalue weighted by Crippen LogP contribution is 2.15. The average molecular weight is 270 g/mol. The molecule has 1 fully saturated rings. The highest BCUT2D eigenvalue weighted by Gasteiger charge is 2.21. The summed E-state index contributed by atoms with van der Waals surface area (Å²) in [5, 5.41) is 3.64. The van der Waals surface area contributed by atoms with Gasteiger partial charge in [0.05, 0.1) is 6.10 Å². The molecular formula is C16H34N2O. The predicted octanol–water partition coefficient (Wildman–Crippen LogP) is 3.04. The molecule has 1 saturated heterocycles. The fourth-order valence-corrected chi connectivity index (χ4v) is 2.66. The van der Waals surface area contributed by atoms with Gasteiger partial charge in [-0.1, -0.05) is 13.3 Å². The van der Waals surface area contributed by atoms with Crippen LogP contribution in [0.4, 0.5) is 0 Å². The maximum atomic E-state index is 5.86. The Morgan fingerprint density at radius 3 is 2.58 bits per heavy atom. The van der Waals surface area contributed by atoms with Crippen molar-refractivity contribution >= 4 is 0 Å². The molecule has 2 unspecified atom stereocenters. The van der Waals surface area contributed by atoms with Crippen molar-refractivity contribution in [3.8, 4) is 0 Å². The van der Waals surface area contributed by atoms with Crippen LogP contribution >= 0.6 is 0 Å². The first kappa shape index (κ1) is 16.9. The van der Waals surface area contributed by atoms with Crippen LogP contribution < -0.4 is 5.32 Å². The third-order valence-electron chi connectivity index (χ3n) is 3.88. The van der Waals surface area contributed by atoms with Crippen LogP contribution in [0.2, 0.25) is 0 Å². The summed E-state index contributed by atoms with van der Waals surface area (Å²) in [4.78, 5) is 2.50. The summed E-state index contributed by atoms with van der Waals surface area (Å²) in [7, 11) is 2.25. The van der Waals surface area contributed by atoms with Gasteiger partial charge in [0, 0.05) is 31.3 Å². The third kappa shape index (κ3) is 7.28. The van der Waals surface area contributed by atoms with Gasteiger partial charge in [0.1, 0.15) is 0 Å². The SMILES string of the molecule is CCCC(CNC(C)(C)C)N(C)CC1CCCCO1. The molecule has 0 aliphatic carbocycles. The highest BCUT2D eigenvalue weighted by atomic mass is 16.5. The molecule has 0 aromatic carbocycles. The van der Waals surface area contributed by atoms with E-state index >= 15 is 0 Å². The lowest BCUT2D eigenvalue weighted by atomic mass is 10.0. The summed E-state index contributed by atoms with van der Waals surface area (Å²) in [6.07, 6.45) is 6.75. The van der Waals surface area contributed by atoms with Crippen molar-refractivity contribution in [2.24, 2.45) is 0 Å². The Kier molecular flexibility index (Phi) is 7.33. The molecule has 1 aliphatic rings. The highest BCUT2D eigenvalue weighted by molar-refractivity contribution is 4.79. The van der Waals surface area contributed by atoms with E-state index in [1.807, 2.05) is 0 Å². The van der Waals surface area contributed by atoms with Gasteiger partial charge in [-0.15, -0.1) is 0 Å². The molecule has 0 amide bonds. The number of nitrogens with one attached hydrogen (secondary N) is 1. The first-order chi connectivity index (χ1) is 8.92. The van der Waals surface area contributed by atoms with E-state index in [0.717, 1.165) is 19.7 Å². The van der Waals surface area contributed by atoms with E-state index in [1.54, 1.807) is 0 Å². The first-order valence-corrected chi connectivity index (χ1v) is 7.99. The quantitative estimate of drug-likeness (QED) is 0.769. The molecule has 0 bridgehead atoms. The zero-order valence-corrected chi connectivity index (χ0v) is 13.7. The van der Waals surface area contributed by atoms with Gasteiger partial charge in [0.15, 0.2) is 0 Å². The normalized spacial score (nSPS) is 22.7. The Labute approximate surface area is 120 Å². The molecule has 3 heteroatoms. The minimum absolute atomic E-state index is 0.203. The molecule has 0 spiro atoms. The monoisotopic (exact) mass is 270 g/mol. The van der Waals surface area contributed by atoms with E-state index in [9.17, 15) is 0 Å². The number of nitrogens with zero attached hydrogens (tertiary/aromatic N) is 1. The maximum Gasteiger partial charge on any atom is 0.0702 e. The van der Waals surface area contributed by atoms with Crippen molar-refractivity contribution in [1.29, 1.82) is 0 Å². The predicted molar refractivity (Wildman–Crippen MR) is 82.7 cm³/mol. The molecule has 19 heavy (non-hydrogen) atoms. The number of rotatable bonds is 7. The molecule has 1 heterocycles. The van der Waals surface area contributed by atoms with Gasteiger partial charge in [-0.25, -0.2) is 0 Å². The molecule has 0 radical (unpaired) electrons. The topological polar surface area (TPSA) is 24.5 Å². The minimum atomic E-state index is 0.203. The molecule has 0 aromatic rings. The second-order valence-electron chi connectivity index (χ2n) is 7.00. The standard InChI is InChI=1S/C16H34N2O/c1-6-9-14(12-17-16(2,3)4)18(5)13-15-10-7-8-11-19-15/h14-15,17H,6-13H2,1-5H3. The van der Waals surface area contributed by atoms with Gasteiger partial charge in [-0.05, 0) is 53.5 Å². The maximum absolute atomic E-state index is 5.86. The van der Waals surface area contributed by atoms with Gasteiger partial charge < -0.3 is 10.1 Å². The Hall–Kier alpha value is -0.120. The molecule has 1 N–H and O–H groups in total. The Bertz CT molecular complexity index is 231. The summed E-state index contributed by atoms with van der Waals surface area (Å²) in [6, 6.07) is 0.620. The lowest BCUT2D eigenvalue weighted by molar-refractivity contribution is -0.00907. The van der Waals surface area contributed by atoms with Crippen molar-refractivity contribution < 1.29 is 4.74 Å². The van der Waals surface area contributed by atoms with E-state index in [-0.39, 0.29) is 5.54 Å². The summed E-state index contributed by atoms with van der Waals surface area (Å²) >= 11 is 0. The average Bonchev–Trinajstić information content (AvgIpc) is 2.34. The third-order valence-corrected chi connectivity index (χ3v) is 3.88. The van der Waals surface area contributed by atoms with Crippen molar-refractivity contribution in [1.82, 2.24) is 10.2 Å². The Balaban J connectivity index is 2.39. The van der Waals surface area contributed by atoms with Gasteiger partial charge in [0.2, 0.25) is 0 Å². The van der Waals surface area contributed by atoms with E-state index in [1.165, 1.54) is 32.1 Å². The fraction of sp³-hybridized carbons (Fsp3) is 1.00. The molecule has 1 rings (SSSR count). The molecule has 2 atom stereocenters. The zero-order chi connectivity index (χ0) is 14.3. The largest absolute Gasteiger partial charge is 0.377 e. The fourth-order valence-electron chi connectivity index (χ4n) is 2.66. The second kappa shape index (κ2) is 8.23. The number of hydrogen-bond donors (Lipinski definition) is 1. The zero-order valence-electron chi connectivity index (χ0n) is 13.7. The van der Waals surface area contributed by atoms with E-state index < -0.39 is 0 Å². The van der Waals surface area contributed by atoms with Crippen LogP contribution in [-0.4, -0.2) is 49.3 Å². The van der Waals surface area contributed by atoms with Crippen LogP contribution in [0, 0.1) is 0 Å². The lowest BCUT2D eigenvalue weighted by Gasteiger charge is -2.34. The van der Waals surface area contributed by atoms with Crippen molar-refractivity contribution in [3.05, 3.63) is 0 Å². The van der Waals surface area contributed by atoms with Crippen LogP contribution in [0.15, 0.2) is 0 Å². The summed E-state index contributed by atoms with van der Waals surface area (Å²) in [5.41, 5.74) is 0.203. The molecular weight excluding hydrogens is 236 g/mol. The Morgan fingerprint density at radius 2 is 2.05 bits per heavy atom. The van der Waals surface area contributed by atoms with Crippen LogP contribution in [-0.2, 0) is 4.74 Å². The first-order valence-electron chi connectivity index (χ1n) is 7.99. The molecule has 1 aliphatic heterocycles. The van der Waals surface area contributed by atoms with Gasteiger partial charge in [0.25, 0.3) is 0 Å². The number of likely N-dealkylation sites (N-methyl/N-ethyl adjacent to an activating group) is 1. The summed E-state index contributed by atoms with van der Waals surface area (Å²) in [6.45, 7) is 12.1. The second-order valence-corrected chi connectivity index (χ2v) is 7.00. The molecule has 114 valence electrons. The van der Waals surface area contributed by atoms with Crippen LogP contribution in [0.25, 0.3) is 0 Å². The minimum Gasteiger partial charge on any atom is -0.377 e. The van der Waals surface area contributed by atoms with Gasteiger partial charge >= 0.3 is 0 Å². The number of ether oxygens (including phenoxy) is 1. The lowest BCUT2D eigenvalue weighted by Crippen LogP contribution is -2.48. The van der Waals surface area contributed by atoms with Crippen molar-refractivity contribution in [2.45, 2.75) is 77.5 Å².